The van der Waals surface area contributed by atoms with E-state index >= 15 is 0 Å². The molecule has 5 nitrogen and oxygen atoms in total. The van der Waals surface area contributed by atoms with E-state index in [1.807, 2.05) is 5.32 Å². The predicted molar refractivity (Wildman–Crippen MR) is 82.9 cm³/mol. The molecule has 0 heterocycles. The number of carbonyl (C=O) groups excluding carboxylic acids is 2. The maximum absolute atomic E-state index is 13.4. The van der Waals surface area contributed by atoms with E-state index in [-0.39, 0.29) is 5.75 Å². The molecule has 8 heteroatoms. The van der Waals surface area contributed by atoms with E-state index in [4.69, 9.17) is 16.3 Å². The Morgan fingerprint density at radius 2 is 1.67 bits per heavy atom. The van der Waals surface area contributed by atoms with E-state index in [0.29, 0.717) is 5.02 Å². The van der Waals surface area contributed by atoms with Crippen molar-refractivity contribution < 1.29 is 27.8 Å². The Balaban J connectivity index is 1.79. The topological polar surface area (TPSA) is 64.6 Å². The second-order valence-electron chi connectivity index (χ2n) is 4.52. The maximum Gasteiger partial charge on any atom is 0.344 e. The van der Waals surface area contributed by atoms with E-state index in [0.717, 1.165) is 18.2 Å². The molecular weight excluding hydrogens is 344 g/mol. The summed E-state index contributed by atoms with van der Waals surface area (Å²) < 4.78 is 36.5. The average Bonchev–Trinajstić information content (AvgIpc) is 2.56. The molecule has 0 aliphatic rings. The lowest BCUT2D eigenvalue weighted by molar-refractivity contribution is -0.149. The van der Waals surface area contributed by atoms with Crippen LogP contribution >= 0.6 is 11.6 Å². The number of carbonyl (C=O) groups is 2. The van der Waals surface area contributed by atoms with Crippen LogP contribution < -0.4 is 10.1 Å². The van der Waals surface area contributed by atoms with Gasteiger partial charge < -0.3 is 14.8 Å². The largest absolute Gasteiger partial charge is 0.480 e. The number of rotatable bonds is 6. The first-order chi connectivity index (χ1) is 11.5. The number of benzene rings is 2. The summed E-state index contributed by atoms with van der Waals surface area (Å²) in [5.41, 5.74) is -0.606. The SMILES string of the molecule is O=C(COC(=O)COc1ccccc1Cl)Nc1c(F)cccc1F. The molecule has 0 unspecified atom stereocenters. The predicted octanol–water partition coefficient (Wildman–Crippen LogP) is 3.18. The van der Waals surface area contributed by atoms with E-state index < -0.39 is 42.4 Å². The summed E-state index contributed by atoms with van der Waals surface area (Å²) in [6.07, 6.45) is 0. The zero-order chi connectivity index (χ0) is 17.5. The summed E-state index contributed by atoms with van der Waals surface area (Å²) in [5, 5.41) is 2.31. The van der Waals surface area contributed by atoms with Gasteiger partial charge in [0.25, 0.3) is 5.91 Å². The van der Waals surface area contributed by atoms with E-state index in [9.17, 15) is 18.4 Å². The summed E-state index contributed by atoms with van der Waals surface area (Å²) in [4.78, 5) is 23.1. The van der Waals surface area contributed by atoms with Crippen LogP contribution in [-0.2, 0) is 14.3 Å². The molecule has 0 fully saturated rings. The third kappa shape index (κ3) is 4.92. The normalized spacial score (nSPS) is 10.1. The van der Waals surface area contributed by atoms with Crippen molar-refractivity contribution in [3.8, 4) is 5.75 Å². The minimum atomic E-state index is -0.934. The fourth-order valence-corrected chi connectivity index (χ4v) is 1.87. The van der Waals surface area contributed by atoms with Gasteiger partial charge in [-0.05, 0) is 24.3 Å². The zero-order valence-electron chi connectivity index (χ0n) is 12.2. The van der Waals surface area contributed by atoms with Crippen molar-refractivity contribution in [2.45, 2.75) is 0 Å². The van der Waals surface area contributed by atoms with Crippen LogP contribution in [0.1, 0.15) is 0 Å². The van der Waals surface area contributed by atoms with Crippen molar-refractivity contribution in [2.75, 3.05) is 18.5 Å². The van der Waals surface area contributed by atoms with Crippen LogP contribution in [0.2, 0.25) is 5.02 Å². The second-order valence-corrected chi connectivity index (χ2v) is 4.93. The van der Waals surface area contributed by atoms with Gasteiger partial charge in [-0.2, -0.15) is 0 Å². The smallest absolute Gasteiger partial charge is 0.344 e. The zero-order valence-corrected chi connectivity index (χ0v) is 13.0. The minimum Gasteiger partial charge on any atom is -0.480 e. The highest BCUT2D eigenvalue weighted by atomic mass is 35.5. The number of hydrogen-bond donors (Lipinski definition) is 1. The Kier molecular flexibility index (Phi) is 6.08. The van der Waals surface area contributed by atoms with Crippen molar-refractivity contribution in [2.24, 2.45) is 0 Å². The Bertz CT molecular complexity index is 734. The van der Waals surface area contributed by atoms with Gasteiger partial charge in [0.05, 0.1) is 5.02 Å². The van der Waals surface area contributed by atoms with Crippen LogP contribution in [0.25, 0.3) is 0 Å². The quantitative estimate of drug-likeness (QED) is 0.808. The van der Waals surface area contributed by atoms with Gasteiger partial charge in [-0.15, -0.1) is 0 Å². The molecule has 0 radical (unpaired) electrons. The van der Waals surface area contributed by atoms with Crippen LogP contribution in [0.4, 0.5) is 14.5 Å². The van der Waals surface area contributed by atoms with Gasteiger partial charge in [0.2, 0.25) is 0 Å². The Labute approximate surface area is 141 Å². The molecule has 0 aromatic heterocycles. The third-order valence-electron chi connectivity index (χ3n) is 2.77. The molecule has 24 heavy (non-hydrogen) atoms. The van der Waals surface area contributed by atoms with Gasteiger partial charge in [0, 0.05) is 0 Å². The monoisotopic (exact) mass is 355 g/mol. The minimum absolute atomic E-state index is 0.286. The maximum atomic E-state index is 13.4. The highest BCUT2D eigenvalue weighted by Crippen LogP contribution is 2.23. The molecule has 0 atom stereocenters. The number of para-hydroxylation sites is 2. The van der Waals surface area contributed by atoms with Crippen molar-refractivity contribution in [1.82, 2.24) is 0 Å². The molecule has 0 spiro atoms. The summed E-state index contributed by atoms with van der Waals surface area (Å²) in [6, 6.07) is 9.64. The van der Waals surface area contributed by atoms with Gasteiger partial charge in [0.15, 0.2) is 13.2 Å². The summed E-state index contributed by atoms with van der Waals surface area (Å²) in [5.74, 6) is -3.30. The number of anilines is 1. The molecule has 1 N–H and O–H groups in total. The lowest BCUT2D eigenvalue weighted by Gasteiger charge is -2.09. The Hall–Kier alpha value is -2.67. The molecule has 0 aliphatic heterocycles. The van der Waals surface area contributed by atoms with Gasteiger partial charge >= 0.3 is 5.97 Å². The number of hydrogen-bond acceptors (Lipinski definition) is 4. The van der Waals surface area contributed by atoms with Crippen molar-refractivity contribution in [1.29, 1.82) is 0 Å². The highest BCUT2D eigenvalue weighted by Gasteiger charge is 2.14. The van der Waals surface area contributed by atoms with Crippen LogP contribution in [0.3, 0.4) is 0 Å². The molecule has 2 rings (SSSR count). The number of halogens is 3. The van der Waals surface area contributed by atoms with Gasteiger partial charge in [-0.25, -0.2) is 13.6 Å². The van der Waals surface area contributed by atoms with Crippen molar-refractivity contribution >= 4 is 29.2 Å². The van der Waals surface area contributed by atoms with E-state index in [2.05, 4.69) is 4.74 Å². The van der Waals surface area contributed by atoms with Crippen LogP contribution in [-0.4, -0.2) is 25.1 Å². The lowest BCUT2D eigenvalue weighted by atomic mass is 10.3. The summed E-state index contributed by atoms with van der Waals surface area (Å²) in [6.45, 7) is -1.18. The van der Waals surface area contributed by atoms with Crippen LogP contribution in [0.5, 0.6) is 5.75 Å². The standard InChI is InChI=1S/C16H12ClF2NO4/c17-10-4-1-2-7-13(10)23-9-15(22)24-8-14(21)20-16-11(18)5-3-6-12(16)19/h1-7H,8-9H2,(H,20,21). The molecule has 0 saturated carbocycles. The molecular formula is C16H12ClF2NO4. The van der Waals surface area contributed by atoms with Crippen molar-refractivity contribution in [3.63, 3.8) is 0 Å². The number of esters is 1. The fourth-order valence-electron chi connectivity index (χ4n) is 1.68. The second kappa shape index (κ2) is 8.26. The number of amides is 1. The molecule has 1 amide bonds. The molecule has 2 aromatic carbocycles. The molecule has 0 bridgehead atoms. The van der Waals surface area contributed by atoms with Gasteiger partial charge in [-0.3, -0.25) is 4.79 Å². The fraction of sp³-hybridized carbons (Fsp3) is 0.125. The first-order valence-electron chi connectivity index (χ1n) is 6.74. The third-order valence-corrected chi connectivity index (χ3v) is 3.09. The average molecular weight is 356 g/mol. The summed E-state index contributed by atoms with van der Waals surface area (Å²) >= 11 is 5.84. The van der Waals surface area contributed by atoms with Crippen LogP contribution in [0, 0.1) is 11.6 Å². The molecule has 2 aromatic rings. The first kappa shape index (κ1) is 17.7. The highest BCUT2D eigenvalue weighted by molar-refractivity contribution is 6.32. The molecule has 126 valence electrons. The molecule has 0 saturated heterocycles. The Morgan fingerprint density at radius 1 is 1.00 bits per heavy atom. The first-order valence-corrected chi connectivity index (χ1v) is 7.12. The number of nitrogens with one attached hydrogen (secondary N) is 1. The summed E-state index contributed by atoms with van der Waals surface area (Å²) in [7, 11) is 0. The Morgan fingerprint density at radius 3 is 2.33 bits per heavy atom. The van der Waals surface area contributed by atoms with Crippen LogP contribution in [0.15, 0.2) is 42.5 Å². The van der Waals surface area contributed by atoms with E-state index in [1.54, 1.807) is 24.3 Å². The number of ether oxygens (including phenoxy) is 2. The molecule has 0 aliphatic carbocycles. The van der Waals surface area contributed by atoms with E-state index in [1.165, 1.54) is 0 Å². The lowest BCUT2D eigenvalue weighted by Crippen LogP contribution is -2.24. The van der Waals surface area contributed by atoms with Crippen molar-refractivity contribution in [3.05, 3.63) is 59.1 Å². The van der Waals surface area contributed by atoms with Gasteiger partial charge in [-0.1, -0.05) is 29.8 Å². The van der Waals surface area contributed by atoms with Gasteiger partial charge in [0.1, 0.15) is 23.1 Å².